The standard InChI is InChI=1S/C21H24N4O4S/c1-15-13-19(28-3)20(14-16(15)2)30(26,27)25-10-8-24(9-11-25)21-7-6-17(22-23-21)18-5-4-12-29-18/h4-7,12-14H,8-11H2,1-3H3. The van der Waals surface area contributed by atoms with Crippen LogP contribution in [0.15, 0.2) is 52.0 Å². The molecule has 0 atom stereocenters. The first-order chi connectivity index (χ1) is 14.4. The number of hydrogen-bond acceptors (Lipinski definition) is 7. The Bertz CT molecular complexity index is 1120. The normalized spacial score (nSPS) is 15.4. The van der Waals surface area contributed by atoms with Crippen LogP contribution in [0.4, 0.5) is 5.82 Å². The van der Waals surface area contributed by atoms with Crippen molar-refractivity contribution in [2.75, 3.05) is 38.2 Å². The second-order valence-corrected chi connectivity index (χ2v) is 9.14. The van der Waals surface area contributed by atoms with E-state index in [1.165, 1.54) is 11.4 Å². The summed E-state index contributed by atoms with van der Waals surface area (Å²) in [4.78, 5) is 2.24. The first-order valence-corrected chi connectivity index (χ1v) is 11.1. The molecule has 9 heteroatoms. The molecule has 158 valence electrons. The third-order valence-electron chi connectivity index (χ3n) is 5.38. The molecule has 1 aliphatic heterocycles. The van der Waals surface area contributed by atoms with Gasteiger partial charge in [-0.1, -0.05) is 0 Å². The van der Waals surface area contributed by atoms with Gasteiger partial charge >= 0.3 is 0 Å². The molecule has 1 saturated heterocycles. The lowest BCUT2D eigenvalue weighted by atomic mass is 10.1. The van der Waals surface area contributed by atoms with Crippen molar-refractivity contribution in [2.24, 2.45) is 0 Å². The van der Waals surface area contributed by atoms with Gasteiger partial charge in [-0.3, -0.25) is 0 Å². The van der Waals surface area contributed by atoms with Crippen molar-refractivity contribution in [1.82, 2.24) is 14.5 Å². The molecule has 1 aliphatic rings. The maximum atomic E-state index is 13.2. The number of ether oxygens (including phenoxy) is 1. The summed E-state index contributed by atoms with van der Waals surface area (Å²) in [7, 11) is -2.16. The van der Waals surface area contributed by atoms with Gasteiger partial charge in [-0.05, 0) is 61.4 Å². The zero-order valence-corrected chi connectivity index (χ0v) is 18.0. The first-order valence-electron chi connectivity index (χ1n) is 9.68. The minimum Gasteiger partial charge on any atom is -0.495 e. The molecule has 3 aromatic rings. The van der Waals surface area contributed by atoms with Gasteiger partial charge in [0.2, 0.25) is 10.0 Å². The molecule has 0 radical (unpaired) electrons. The zero-order valence-electron chi connectivity index (χ0n) is 17.2. The van der Waals surface area contributed by atoms with Gasteiger partial charge in [0, 0.05) is 26.2 Å². The van der Waals surface area contributed by atoms with Crippen LogP contribution in [0, 0.1) is 13.8 Å². The fraction of sp³-hybridized carbons (Fsp3) is 0.333. The van der Waals surface area contributed by atoms with Crippen LogP contribution in [-0.4, -0.2) is 56.2 Å². The number of sulfonamides is 1. The molecule has 1 fully saturated rings. The molecule has 0 saturated carbocycles. The highest BCUT2D eigenvalue weighted by Crippen LogP contribution is 2.30. The Labute approximate surface area is 176 Å². The van der Waals surface area contributed by atoms with E-state index < -0.39 is 10.0 Å². The van der Waals surface area contributed by atoms with Crippen molar-refractivity contribution < 1.29 is 17.6 Å². The van der Waals surface area contributed by atoms with E-state index in [4.69, 9.17) is 9.15 Å². The van der Waals surface area contributed by atoms with Crippen molar-refractivity contribution in [3.05, 3.63) is 53.8 Å². The Kier molecular flexibility index (Phi) is 5.48. The maximum absolute atomic E-state index is 13.2. The van der Waals surface area contributed by atoms with Crippen molar-refractivity contribution in [3.8, 4) is 17.2 Å². The number of methoxy groups -OCH3 is 1. The highest BCUT2D eigenvalue weighted by atomic mass is 32.2. The molecule has 1 aromatic carbocycles. The topological polar surface area (TPSA) is 88.8 Å². The number of aromatic nitrogens is 2. The molecule has 0 bridgehead atoms. The van der Waals surface area contributed by atoms with Crippen molar-refractivity contribution in [3.63, 3.8) is 0 Å². The van der Waals surface area contributed by atoms with Crippen LogP contribution in [0.3, 0.4) is 0 Å². The minimum atomic E-state index is -3.65. The van der Waals surface area contributed by atoms with E-state index in [1.54, 1.807) is 24.5 Å². The molecular formula is C21H24N4O4S. The number of furan rings is 1. The molecule has 0 N–H and O–H groups in total. The molecule has 0 aliphatic carbocycles. The van der Waals surface area contributed by atoms with Crippen LogP contribution >= 0.6 is 0 Å². The van der Waals surface area contributed by atoms with E-state index in [1.807, 2.05) is 36.9 Å². The number of rotatable bonds is 5. The smallest absolute Gasteiger partial charge is 0.246 e. The van der Waals surface area contributed by atoms with Gasteiger partial charge in [0.1, 0.15) is 16.3 Å². The highest BCUT2D eigenvalue weighted by Gasteiger charge is 2.31. The number of aryl methyl sites for hydroxylation is 2. The summed E-state index contributed by atoms with van der Waals surface area (Å²) in [6.45, 7) is 5.62. The van der Waals surface area contributed by atoms with Crippen LogP contribution in [0.1, 0.15) is 11.1 Å². The van der Waals surface area contributed by atoms with Crippen LogP contribution in [0.5, 0.6) is 5.75 Å². The van der Waals surface area contributed by atoms with Crippen molar-refractivity contribution in [1.29, 1.82) is 0 Å². The molecular weight excluding hydrogens is 404 g/mol. The second kappa shape index (κ2) is 8.08. The van der Waals surface area contributed by atoms with Crippen LogP contribution in [0.25, 0.3) is 11.5 Å². The number of piperazine rings is 1. The number of nitrogens with zero attached hydrogens (tertiary/aromatic N) is 4. The van der Waals surface area contributed by atoms with Gasteiger partial charge in [-0.2, -0.15) is 4.31 Å². The number of hydrogen-bond donors (Lipinski definition) is 0. The van der Waals surface area contributed by atoms with Crippen molar-refractivity contribution in [2.45, 2.75) is 18.7 Å². The van der Waals surface area contributed by atoms with Gasteiger partial charge in [-0.15, -0.1) is 10.2 Å². The summed E-state index contributed by atoms with van der Waals surface area (Å²) < 4.78 is 38.7. The minimum absolute atomic E-state index is 0.212. The van der Waals surface area contributed by atoms with E-state index in [9.17, 15) is 8.42 Å². The second-order valence-electron chi connectivity index (χ2n) is 7.23. The van der Waals surface area contributed by atoms with Gasteiger partial charge in [0.05, 0.1) is 13.4 Å². The Morgan fingerprint density at radius 2 is 1.73 bits per heavy atom. The summed E-state index contributed by atoms with van der Waals surface area (Å²) in [6.07, 6.45) is 1.59. The lowest BCUT2D eigenvalue weighted by Crippen LogP contribution is -2.49. The largest absolute Gasteiger partial charge is 0.495 e. The number of benzene rings is 1. The average Bonchev–Trinajstić information content (AvgIpc) is 3.30. The SMILES string of the molecule is COc1cc(C)c(C)cc1S(=O)(=O)N1CCN(c2ccc(-c3ccco3)nn2)CC1. The monoisotopic (exact) mass is 428 g/mol. The fourth-order valence-corrected chi connectivity index (χ4v) is 5.11. The molecule has 0 amide bonds. The predicted octanol–water partition coefficient (Wildman–Crippen LogP) is 2.87. The Balaban J connectivity index is 1.48. The molecule has 0 unspecified atom stereocenters. The van der Waals surface area contributed by atoms with Crippen LogP contribution in [0.2, 0.25) is 0 Å². The van der Waals surface area contributed by atoms with Gasteiger partial charge in [0.25, 0.3) is 0 Å². The van der Waals surface area contributed by atoms with Gasteiger partial charge < -0.3 is 14.1 Å². The molecule has 3 heterocycles. The Hall–Kier alpha value is -2.91. The average molecular weight is 429 g/mol. The van der Waals surface area contributed by atoms with E-state index in [0.717, 1.165) is 11.1 Å². The van der Waals surface area contributed by atoms with Crippen LogP contribution < -0.4 is 9.64 Å². The fourth-order valence-electron chi connectivity index (χ4n) is 3.47. The third kappa shape index (κ3) is 3.78. The van der Waals surface area contributed by atoms with E-state index in [0.29, 0.717) is 49.2 Å². The summed E-state index contributed by atoms with van der Waals surface area (Å²) >= 11 is 0. The molecule has 30 heavy (non-hydrogen) atoms. The summed E-state index contributed by atoms with van der Waals surface area (Å²) in [6, 6.07) is 10.8. The third-order valence-corrected chi connectivity index (χ3v) is 7.30. The summed E-state index contributed by atoms with van der Waals surface area (Å²) in [5, 5.41) is 8.50. The lowest BCUT2D eigenvalue weighted by molar-refractivity contribution is 0.373. The summed E-state index contributed by atoms with van der Waals surface area (Å²) in [5.41, 5.74) is 2.57. The Morgan fingerprint density at radius 3 is 2.33 bits per heavy atom. The van der Waals surface area contributed by atoms with Gasteiger partial charge in [-0.25, -0.2) is 8.42 Å². The molecule has 8 nitrogen and oxygen atoms in total. The lowest BCUT2D eigenvalue weighted by Gasteiger charge is -2.34. The first kappa shape index (κ1) is 20.4. The van der Waals surface area contributed by atoms with E-state index >= 15 is 0 Å². The quantitative estimate of drug-likeness (QED) is 0.617. The Morgan fingerprint density at radius 1 is 1.00 bits per heavy atom. The van der Waals surface area contributed by atoms with E-state index in [-0.39, 0.29) is 4.90 Å². The van der Waals surface area contributed by atoms with E-state index in [2.05, 4.69) is 10.2 Å². The maximum Gasteiger partial charge on any atom is 0.246 e. The number of anilines is 1. The summed E-state index contributed by atoms with van der Waals surface area (Å²) in [5.74, 6) is 1.75. The molecule has 0 spiro atoms. The highest BCUT2D eigenvalue weighted by molar-refractivity contribution is 7.89. The molecule has 2 aromatic heterocycles. The van der Waals surface area contributed by atoms with Crippen LogP contribution in [-0.2, 0) is 10.0 Å². The van der Waals surface area contributed by atoms with Gasteiger partial charge in [0.15, 0.2) is 11.6 Å². The van der Waals surface area contributed by atoms with Crippen molar-refractivity contribution >= 4 is 15.8 Å². The zero-order chi connectivity index (χ0) is 21.3. The predicted molar refractivity (Wildman–Crippen MR) is 113 cm³/mol. The molecule has 4 rings (SSSR count).